The van der Waals surface area contributed by atoms with Gasteiger partial charge in [-0.1, -0.05) is 55.3 Å². The van der Waals surface area contributed by atoms with Crippen LogP contribution in [0.1, 0.15) is 30.4 Å². The van der Waals surface area contributed by atoms with E-state index in [1.54, 1.807) is 0 Å². The summed E-state index contributed by atoms with van der Waals surface area (Å²) in [5, 5.41) is 3.51. The first-order valence-corrected chi connectivity index (χ1v) is 7.86. The van der Waals surface area contributed by atoms with Crippen LogP contribution >= 0.6 is 0 Å². The van der Waals surface area contributed by atoms with E-state index in [1.807, 2.05) is 18.2 Å². The van der Waals surface area contributed by atoms with E-state index in [0.717, 1.165) is 24.8 Å². The predicted molar refractivity (Wildman–Crippen MR) is 86.3 cm³/mol. The first-order chi connectivity index (χ1) is 10.4. The Morgan fingerprint density at radius 1 is 0.905 bits per heavy atom. The van der Waals surface area contributed by atoms with Gasteiger partial charge in [-0.15, -0.1) is 0 Å². The normalized spacial score (nSPS) is 14.1. The Kier molecular flexibility index (Phi) is 4.90. The van der Waals surface area contributed by atoms with Gasteiger partial charge in [0.15, 0.2) is 0 Å². The molecular weight excluding hydrogens is 258 g/mol. The minimum atomic E-state index is 0.625. The third kappa shape index (κ3) is 4.91. The van der Waals surface area contributed by atoms with E-state index in [-0.39, 0.29) is 0 Å². The summed E-state index contributed by atoms with van der Waals surface area (Å²) in [7, 11) is 0. The van der Waals surface area contributed by atoms with Gasteiger partial charge in [0, 0.05) is 6.54 Å². The third-order valence-corrected chi connectivity index (χ3v) is 3.93. The Bertz CT molecular complexity index is 531. The van der Waals surface area contributed by atoms with Gasteiger partial charge in [-0.3, -0.25) is 0 Å². The minimum Gasteiger partial charge on any atom is -0.489 e. The Labute approximate surface area is 127 Å². The van der Waals surface area contributed by atoms with Crippen LogP contribution in [-0.2, 0) is 13.2 Å². The van der Waals surface area contributed by atoms with Crippen molar-refractivity contribution in [1.29, 1.82) is 0 Å². The zero-order valence-corrected chi connectivity index (χ0v) is 12.4. The van der Waals surface area contributed by atoms with Crippen LogP contribution in [0.5, 0.6) is 5.75 Å². The highest BCUT2D eigenvalue weighted by molar-refractivity contribution is 5.27. The van der Waals surface area contributed by atoms with Gasteiger partial charge >= 0.3 is 0 Å². The number of nitrogens with one attached hydrogen (secondary N) is 1. The van der Waals surface area contributed by atoms with Crippen LogP contribution in [0, 0.1) is 5.92 Å². The average molecular weight is 281 g/mol. The van der Waals surface area contributed by atoms with Gasteiger partial charge in [-0.05, 0) is 42.1 Å². The van der Waals surface area contributed by atoms with Crippen molar-refractivity contribution in [1.82, 2.24) is 5.32 Å². The lowest BCUT2D eigenvalue weighted by molar-refractivity contribution is 0.306. The van der Waals surface area contributed by atoms with Gasteiger partial charge in [0.1, 0.15) is 12.4 Å². The molecule has 2 nitrogen and oxygen atoms in total. The van der Waals surface area contributed by atoms with E-state index < -0.39 is 0 Å². The zero-order chi connectivity index (χ0) is 14.3. The van der Waals surface area contributed by atoms with Gasteiger partial charge in [0.2, 0.25) is 0 Å². The summed E-state index contributed by atoms with van der Waals surface area (Å²) in [6.07, 6.45) is 4.21. The fourth-order valence-electron chi connectivity index (χ4n) is 2.39. The molecule has 0 heterocycles. The molecule has 0 bridgehead atoms. The topological polar surface area (TPSA) is 21.3 Å². The van der Waals surface area contributed by atoms with E-state index in [0.29, 0.717) is 6.61 Å². The molecule has 0 saturated heterocycles. The second kappa shape index (κ2) is 7.28. The second-order valence-corrected chi connectivity index (χ2v) is 5.83. The molecule has 1 aliphatic rings. The van der Waals surface area contributed by atoms with E-state index >= 15 is 0 Å². The molecule has 1 fully saturated rings. The Morgan fingerprint density at radius 3 is 2.38 bits per heavy atom. The van der Waals surface area contributed by atoms with Crippen molar-refractivity contribution in [2.75, 3.05) is 6.54 Å². The van der Waals surface area contributed by atoms with Crippen LogP contribution in [-0.4, -0.2) is 6.54 Å². The average Bonchev–Trinajstić information content (AvgIpc) is 3.36. The standard InChI is InChI=1S/C19H23NO/c1-2-4-18(5-3-1)15-21-19-10-8-17(9-11-19)14-20-13-12-16-6-7-16/h1-5,8-11,16,20H,6-7,12-15H2. The maximum absolute atomic E-state index is 5.79. The summed E-state index contributed by atoms with van der Waals surface area (Å²) in [4.78, 5) is 0. The van der Waals surface area contributed by atoms with Crippen LogP contribution in [0.4, 0.5) is 0 Å². The van der Waals surface area contributed by atoms with Gasteiger partial charge < -0.3 is 10.1 Å². The van der Waals surface area contributed by atoms with Gasteiger partial charge in [-0.25, -0.2) is 0 Å². The maximum Gasteiger partial charge on any atom is 0.119 e. The van der Waals surface area contributed by atoms with Crippen LogP contribution in [0.3, 0.4) is 0 Å². The van der Waals surface area contributed by atoms with Gasteiger partial charge in [0.05, 0.1) is 0 Å². The largest absolute Gasteiger partial charge is 0.489 e. The molecule has 0 aromatic heterocycles. The van der Waals surface area contributed by atoms with Crippen LogP contribution in [0.15, 0.2) is 54.6 Å². The molecule has 1 saturated carbocycles. The van der Waals surface area contributed by atoms with Crippen molar-refractivity contribution in [3.63, 3.8) is 0 Å². The van der Waals surface area contributed by atoms with E-state index in [9.17, 15) is 0 Å². The molecule has 21 heavy (non-hydrogen) atoms. The Morgan fingerprint density at radius 2 is 1.67 bits per heavy atom. The first kappa shape index (κ1) is 14.2. The second-order valence-electron chi connectivity index (χ2n) is 5.83. The van der Waals surface area contributed by atoms with E-state index in [4.69, 9.17) is 4.74 Å². The summed E-state index contributed by atoms with van der Waals surface area (Å²) in [5.41, 5.74) is 2.51. The van der Waals surface area contributed by atoms with Crippen LogP contribution in [0.25, 0.3) is 0 Å². The van der Waals surface area contributed by atoms with E-state index in [1.165, 1.54) is 30.4 Å². The first-order valence-electron chi connectivity index (χ1n) is 7.86. The molecule has 110 valence electrons. The van der Waals surface area contributed by atoms with Gasteiger partial charge in [0.25, 0.3) is 0 Å². The highest BCUT2D eigenvalue weighted by Gasteiger charge is 2.19. The fourth-order valence-corrected chi connectivity index (χ4v) is 2.39. The van der Waals surface area contributed by atoms with Crippen LogP contribution in [0.2, 0.25) is 0 Å². The molecule has 0 radical (unpaired) electrons. The molecule has 1 N–H and O–H groups in total. The van der Waals surface area contributed by atoms with Crippen molar-refractivity contribution in [2.24, 2.45) is 5.92 Å². The molecule has 0 unspecified atom stereocenters. The summed E-state index contributed by atoms with van der Waals surface area (Å²) in [6, 6.07) is 18.7. The van der Waals surface area contributed by atoms with Crippen molar-refractivity contribution in [3.8, 4) is 5.75 Å². The van der Waals surface area contributed by atoms with Crippen molar-refractivity contribution < 1.29 is 4.74 Å². The van der Waals surface area contributed by atoms with E-state index in [2.05, 4.69) is 41.7 Å². The highest BCUT2D eigenvalue weighted by atomic mass is 16.5. The molecule has 1 aliphatic carbocycles. The van der Waals surface area contributed by atoms with Crippen molar-refractivity contribution >= 4 is 0 Å². The minimum absolute atomic E-state index is 0.625. The smallest absolute Gasteiger partial charge is 0.119 e. The molecule has 0 spiro atoms. The zero-order valence-electron chi connectivity index (χ0n) is 12.4. The van der Waals surface area contributed by atoms with Crippen molar-refractivity contribution in [3.05, 3.63) is 65.7 Å². The molecule has 2 aromatic carbocycles. The third-order valence-electron chi connectivity index (χ3n) is 3.93. The quantitative estimate of drug-likeness (QED) is 0.734. The number of rotatable bonds is 8. The number of hydrogen-bond acceptors (Lipinski definition) is 2. The summed E-state index contributed by atoms with van der Waals surface area (Å²) in [6.45, 7) is 2.71. The highest BCUT2D eigenvalue weighted by Crippen LogP contribution is 2.31. The van der Waals surface area contributed by atoms with Crippen molar-refractivity contribution in [2.45, 2.75) is 32.4 Å². The lowest BCUT2D eigenvalue weighted by Gasteiger charge is -2.08. The summed E-state index contributed by atoms with van der Waals surface area (Å²) >= 11 is 0. The number of benzene rings is 2. The maximum atomic E-state index is 5.79. The predicted octanol–water partition coefficient (Wildman–Crippen LogP) is 4.16. The summed E-state index contributed by atoms with van der Waals surface area (Å²) in [5.74, 6) is 1.94. The Hall–Kier alpha value is -1.80. The van der Waals surface area contributed by atoms with Crippen LogP contribution < -0.4 is 10.1 Å². The fraction of sp³-hybridized carbons (Fsp3) is 0.368. The molecule has 0 aliphatic heterocycles. The molecule has 0 amide bonds. The SMILES string of the molecule is c1ccc(COc2ccc(CNCCC3CC3)cc2)cc1. The number of hydrogen-bond donors (Lipinski definition) is 1. The summed E-state index contributed by atoms with van der Waals surface area (Å²) < 4.78 is 5.79. The lowest BCUT2D eigenvalue weighted by Crippen LogP contribution is -2.15. The number of ether oxygens (including phenoxy) is 1. The molecule has 3 rings (SSSR count). The molecule has 2 aromatic rings. The molecule has 2 heteroatoms. The monoisotopic (exact) mass is 281 g/mol. The molecule has 0 atom stereocenters. The molecular formula is C19H23NO. The lowest BCUT2D eigenvalue weighted by atomic mass is 10.2. The Balaban J connectivity index is 1.40. The van der Waals surface area contributed by atoms with Gasteiger partial charge in [-0.2, -0.15) is 0 Å².